The predicted octanol–water partition coefficient (Wildman–Crippen LogP) is 0.311. The minimum absolute atomic E-state index is 0.0111. The normalized spacial score (nSPS) is 30.5. The molecule has 0 aliphatic carbocycles. The number of phenols is 4. The second-order valence-corrected chi connectivity index (χ2v) is 14.4. The first-order valence-electron chi connectivity index (χ1n) is 18.4. The van der Waals surface area contributed by atoms with Gasteiger partial charge in [-0.05, 0) is 70.8 Å². The summed E-state index contributed by atoms with van der Waals surface area (Å²) in [5.74, 6) is -1.53. The van der Waals surface area contributed by atoms with Gasteiger partial charge in [-0.15, -0.1) is 0 Å². The molecule has 4 aromatic rings. The molecule has 0 amide bonds. The van der Waals surface area contributed by atoms with E-state index in [1.807, 2.05) is 0 Å². The zero-order chi connectivity index (χ0) is 42.3. The van der Waals surface area contributed by atoms with Crippen molar-refractivity contribution in [3.63, 3.8) is 0 Å². The van der Waals surface area contributed by atoms with Crippen molar-refractivity contribution in [3.05, 3.63) is 94.5 Å². The molecular formula is C41H44O18. The van der Waals surface area contributed by atoms with E-state index in [0.29, 0.717) is 27.8 Å². The maximum atomic E-state index is 11.3. The van der Waals surface area contributed by atoms with Crippen LogP contribution in [0.5, 0.6) is 46.0 Å². The lowest BCUT2D eigenvalue weighted by molar-refractivity contribution is -0.277. The third-order valence-corrected chi connectivity index (χ3v) is 10.4. The summed E-state index contributed by atoms with van der Waals surface area (Å²) in [5, 5.41) is 124. The van der Waals surface area contributed by atoms with Crippen LogP contribution in [0.3, 0.4) is 0 Å². The topological polar surface area (TPSA) is 298 Å². The Balaban J connectivity index is 1.23. The highest BCUT2D eigenvalue weighted by molar-refractivity contribution is 5.74. The van der Waals surface area contributed by atoms with Crippen molar-refractivity contribution in [2.24, 2.45) is 0 Å². The van der Waals surface area contributed by atoms with Crippen LogP contribution in [0, 0.1) is 0 Å². The summed E-state index contributed by atoms with van der Waals surface area (Å²) in [4.78, 5) is 0. The molecule has 59 heavy (non-hydrogen) atoms. The summed E-state index contributed by atoms with van der Waals surface area (Å²) in [6.45, 7) is -1.35. The monoisotopic (exact) mass is 824 g/mol. The van der Waals surface area contributed by atoms with Gasteiger partial charge in [0.1, 0.15) is 77.9 Å². The van der Waals surface area contributed by atoms with E-state index in [-0.39, 0.29) is 46.0 Å². The van der Waals surface area contributed by atoms with Crippen LogP contribution in [-0.4, -0.2) is 143 Å². The molecule has 0 saturated carbocycles. The standard InChI is InChI=1S/C41H44O18/c1-54-28-12-19(4-5-26(28)46)38-31(20-10-22(45)14-24(11-20)56-41-37(53)35(51)33(49)30(16-43)58-41)25-8-18(9-27(47)39(25)59-38)3-2-17-6-21(44)13-23(7-17)55-40-36(52)34(50)32(48)29(15-42)57-40/h2-14,29-38,40-53H,15-16H2,1H3/t29-,30-,31+,32-,33-,34+,35+,36-,37-,38-,40-,41-/m1/s1. The SMILES string of the molecule is COc1cc([C@H]2Oc3c(O)cc(C=Cc4cc(O)cc(O[C@@H]5O[C@H](CO)[C@@H](O)[C@H](O)[C@H]5O)c4)cc3[C@@H]2c2cc(O)cc(O[C@@H]3O[C@H](CO)[C@@H](O)[C@H](O)[C@H]3O)c2)ccc1O. The number of phenolic OH excluding ortho intramolecular Hbond substituents is 4. The minimum Gasteiger partial charge on any atom is -0.508 e. The molecule has 3 heterocycles. The molecule has 4 aromatic carbocycles. The number of aliphatic hydroxyl groups excluding tert-OH is 8. The van der Waals surface area contributed by atoms with Gasteiger partial charge < -0.3 is 89.7 Å². The number of fused-ring (bicyclic) bond motifs is 1. The molecule has 0 radical (unpaired) electrons. The number of benzene rings is 4. The quantitative estimate of drug-likeness (QED) is 0.0906. The van der Waals surface area contributed by atoms with Crippen LogP contribution in [0.15, 0.2) is 66.7 Å². The first-order valence-corrected chi connectivity index (χ1v) is 18.4. The van der Waals surface area contributed by atoms with Gasteiger partial charge in [0.15, 0.2) is 23.0 Å². The van der Waals surface area contributed by atoms with E-state index < -0.39 is 86.6 Å². The second kappa shape index (κ2) is 17.1. The highest BCUT2D eigenvalue weighted by Gasteiger charge is 2.46. The Hall–Kier alpha value is -5.38. The molecule has 0 bridgehead atoms. The largest absolute Gasteiger partial charge is 0.508 e. The van der Waals surface area contributed by atoms with Gasteiger partial charge in [-0.2, -0.15) is 0 Å². The van der Waals surface area contributed by atoms with Gasteiger partial charge in [-0.25, -0.2) is 0 Å². The molecule has 3 aliphatic rings. The zero-order valence-corrected chi connectivity index (χ0v) is 31.2. The Labute approximate surface area is 335 Å². The summed E-state index contributed by atoms with van der Waals surface area (Å²) in [5.41, 5.74) is 2.15. The fraction of sp³-hybridized carbons (Fsp3) is 0.366. The number of hydrogen-bond acceptors (Lipinski definition) is 18. The van der Waals surface area contributed by atoms with Gasteiger partial charge in [0, 0.05) is 17.7 Å². The van der Waals surface area contributed by atoms with Crippen molar-refractivity contribution in [1.29, 1.82) is 0 Å². The average molecular weight is 825 g/mol. The average Bonchev–Trinajstić information content (AvgIpc) is 3.60. The van der Waals surface area contributed by atoms with Crippen molar-refractivity contribution in [2.45, 2.75) is 73.4 Å². The lowest BCUT2D eigenvalue weighted by Gasteiger charge is -2.39. The van der Waals surface area contributed by atoms with Crippen LogP contribution in [0.4, 0.5) is 0 Å². The summed E-state index contributed by atoms with van der Waals surface area (Å²) in [7, 11) is 1.37. The van der Waals surface area contributed by atoms with Gasteiger partial charge in [0.2, 0.25) is 12.6 Å². The number of hydrogen-bond donors (Lipinski definition) is 12. The summed E-state index contributed by atoms with van der Waals surface area (Å²) in [6, 6.07) is 16.0. The van der Waals surface area contributed by atoms with Crippen molar-refractivity contribution in [1.82, 2.24) is 0 Å². The lowest BCUT2D eigenvalue weighted by atomic mass is 9.84. The Morgan fingerprint density at radius 3 is 1.71 bits per heavy atom. The fourth-order valence-corrected chi connectivity index (χ4v) is 7.37. The van der Waals surface area contributed by atoms with Crippen LogP contribution in [-0.2, 0) is 9.47 Å². The maximum absolute atomic E-state index is 11.3. The molecule has 18 nitrogen and oxygen atoms in total. The van der Waals surface area contributed by atoms with Crippen LogP contribution in [0.25, 0.3) is 12.2 Å². The maximum Gasteiger partial charge on any atom is 0.229 e. The zero-order valence-electron chi connectivity index (χ0n) is 31.2. The molecule has 7 rings (SSSR count). The van der Waals surface area contributed by atoms with Crippen LogP contribution in [0.2, 0.25) is 0 Å². The molecule has 2 fully saturated rings. The predicted molar refractivity (Wildman–Crippen MR) is 202 cm³/mol. The molecular weight excluding hydrogens is 780 g/mol. The molecule has 2 saturated heterocycles. The first kappa shape index (κ1) is 41.8. The van der Waals surface area contributed by atoms with Crippen molar-refractivity contribution < 1.29 is 89.7 Å². The Bertz CT molecular complexity index is 2160. The molecule has 0 aromatic heterocycles. The van der Waals surface area contributed by atoms with Gasteiger partial charge >= 0.3 is 0 Å². The van der Waals surface area contributed by atoms with Crippen LogP contribution < -0.4 is 18.9 Å². The molecule has 12 atom stereocenters. The van der Waals surface area contributed by atoms with E-state index in [4.69, 9.17) is 28.4 Å². The molecule has 316 valence electrons. The highest BCUT2D eigenvalue weighted by atomic mass is 16.7. The Morgan fingerprint density at radius 2 is 1.14 bits per heavy atom. The number of ether oxygens (including phenoxy) is 6. The van der Waals surface area contributed by atoms with Crippen molar-refractivity contribution >= 4 is 12.2 Å². The minimum atomic E-state index is -1.74. The van der Waals surface area contributed by atoms with Gasteiger partial charge in [0.25, 0.3) is 0 Å². The number of rotatable bonds is 11. The van der Waals surface area contributed by atoms with Crippen LogP contribution >= 0.6 is 0 Å². The Kier molecular flexibility index (Phi) is 12.1. The van der Waals surface area contributed by atoms with E-state index >= 15 is 0 Å². The molecule has 3 aliphatic heterocycles. The smallest absolute Gasteiger partial charge is 0.229 e. The van der Waals surface area contributed by atoms with Gasteiger partial charge in [-0.3, -0.25) is 0 Å². The van der Waals surface area contributed by atoms with Crippen LogP contribution in [0.1, 0.15) is 39.8 Å². The van der Waals surface area contributed by atoms with E-state index in [9.17, 15) is 61.3 Å². The Morgan fingerprint density at radius 1 is 0.576 bits per heavy atom. The molecule has 0 unspecified atom stereocenters. The third-order valence-electron chi connectivity index (χ3n) is 10.4. The number of methoxy groups -OCH3 is 1. The summed E-state index contributed by atoms with van der Waals surface area (Å²) >= 11 is 0. The summed E-state index contributed by atoms with van der Waals surface area (Å²) < 4.78 is 34.2. The lowest BCUT2D eigenvalue weighted by Crippen LogP contribution is -2.60. The van der Waals surface area contributed by atoms with Crippen molar-refractivity contribution in [2.75, 3.05) is 20.3 Å². The van der Waals surface area contributed by atoms with Crippen molar-refractivity contribution in [3.8, 4) is 46.0 Å². The first-order chi connectivity index (χ1) is 28.2. The molecule has 12 N–H and O–H groups in total. The molecule has 0 spiro atoms. The molecule has 18 heteroatoms. The third kappa shape index (κ3) is 8.41. The summed E-state index contributed by atoms with van der Waals surface area (Å²) in [6.07, 6.45) is -13.3. The van der Waals surface area contributed by atoms with E-state index in [1.165, 1.54) is 55.6 Å². The van der Waals surface area contributed by atoms with E-state index in [1.54, 1.807) is 30.4 Å². The van der Waals surface area contributed by atoms with E-state index in [2.05, 4.69) is 0 Å². The van der Waals surface area contributed by atoms with E-state index in [0.717, 1.165) is 0 Å². The van der Waals surface area contributed by atoms with Gasteiger partial charge in [-0.1, -0.05) is 18.2 Å². The second-order valence-electron chi connectivity index (χ2n) is 14.4. The highest BCUT2D eigenvalue weighted by Crippen LogP contribution is 2.55. The number of aromatic hydroxyl groups is 4. The number of aliphatic hydroxyl groups is 8. The fourth-order valence-electron chi connectivity index (χ4n) is 7.37. The van der Waals surface area contributed by atoms with Gasteiger partial charge in [0.05, 0.1) is 26.2 Å².